The molecule has 0 spiro atoms. The first-order chi connectivity index (χ1) is 11.2. The van der Waals surface area contributed by atoms with Crippen molar-refractivity contribution >= 4 is 5.69 Å². The van der Waals surface area contributed by atoms with Gasteiger partial charge in [0.25, 0.3) is 0 Å². The molecular formula is C18H22FN3O. The van der Waals surface area contributed by atoms with E-state index in [2.05, 4.69) is 9.80 Å². The minimum Gasteiger partial charge on any atom is -0.508 e. The number of hydrogen-bond acceptors (Lipinski definition) is 4. The monoisotopic (exact) mass is 315 g/mol. The third-order valence-corrected chi connectivity index (χ3v) is 4.47. The summed E-state index contributed by atoms with van der Waals surface area (Å²) < 4.78 is 13.0. The summed E-state index contributed by atoms with van der Waals surface area (Å²) >= 11 is 0. The van der Waals surface area contributed by atoms with Crippen LogP contribution in [0.2, 0.25) is 0 Å². The first-order valence-corrected chi connectivity index (χ1v) is 7.91. The largest absolute Gasteiger partial charge is 0.508 e. The van der Waals surface area contributed by atoms with Gasteiger partial charge in [-0.2, -0.15) is 0 Å². The molecule has 1 saturated heterocycles. The lowest BCUT2D eigenvalue weighted by Gasteiger charge is -2.40. The van der Waals surface area contributed by atoms with E-state index in [0.717, 1.165) is 37.4 Å². The van der Waals surface area contributed by atoms with Gasteiger partial charge in [-0.25, -0.2) is 4.39 Å². The third kappa shape index (κ3) is 3.46. The van der Waals surface area contributed by atoms with Gasteiger partial charge in [-0.3, -0.25) is 4.90 Å². The maximum atomic E-state index is 13.0. The highest BCUT2D eigenvalue weighted by Gasteiger charge is 2.25. The predicted molar refractivity (Wildman–Crippen MR) is 90.1 cm³/mol. The second kappa shape index (κ2) is 6.98. The van der Waals surface area contributed by atoms with E-state index < -0.39 is 0 Å². The van der Waals surface area contributed by atoms with Crippen LogP contribution in [0.15, 0.2) is 48.5 Å². The molecule has 1 aliphatic rings. The first-order valence-electron chi connectivity index (χ1n) is 7.91. The second-order valence-electron chi connectivity index (χ2n) is 5.81. The Morgan fingerprint density at radius 2 is 1.65 bits per heavy atom. The number of phenolic OH excluding ortho intramolecular Hbond substituents is 1. The number of aromatic hydroxyl groups is 1. The molecular weight excluding hydrogens is 293 g/mol. The van der Waals surface area contributed by atoms with Gasteiger partial charge in [0.1, 0.15) is 11.6 Å². The lowest BCUT2D eigenvalue weighted by atomic mass is 10.0. The van der Waals surface area contributed by atoms with Gasteiger partial charge in [0.15, 0.2) is 0 Å². The van der Waals surface area contributed by atoms with E-state index >= 15 is 0 Å². The molecule has 1 unspecified atom stereocenters. The van der Waals surface area contributed by atoms with Crippen LogP contribution in [0.4, 0.5) is 10.1 Å². The molecule has 2 aromatic carbocycles. The molecule has 1 aliphatic heterocycles. The first kappa shape index (κ1) is 15.8. The zero-order valence-corrected chi connectivity index (χ0v) is 13.0. The highest BCUT2D eigenvalue weighted by Crippen LogP contribution is 2.29. The molecule has 4 nitrogen and oxygen atoms in total. The Kier molecular flexibility index (Phi) is 4.79. The third-order valence-electron chi connectivity index (χ3n) is 4.47. The SMILES string of the molecule is NCC(c1ccccc1O)N1CCN(c2ccc(F)cc2)CC1. The Hall–Kier alpha value is -2.11. The number of nitrogens with zero attached hydrogens (tertiary/aromatic N) is 2. The van der Waals surface area contributed by atoms with E-state index in [1.54, 1.807) is 6.07 Å². The van der Waals surface area contributed by atoms with Crippen molar-refractivity contribution in [2.75, 3.05) is 37.6 Å². The Bertz CT molecular complexity index is 639. The highest BCUT2D eigenvalue weighted by atomic mass is 19.1. The number of nitrogens with two attached hydrogens (primary N) is 1. The van der Waals surface area contributed by atoms with E-state index in [0.29, 0.717) is 12.3 Å². The van der Waals surface area contributed by atoms with Crippen molar-refractivity contribution in [3.05, 3.63) is 59.9 Å². The van der Waals surface area contributed by atoms with Crippen molar-refractivity contribution in [1.82, 2.24) is 4.90 Å². The topological polar surface area (TPSA) is 52.7 Å². The van der Waals surface area contributed by atoms with Crippen molar-refractivity contribution in [3.8, 4) is 5.75 Å². The number of phenols is 1. The quantitative estimate of drug-likeness (QED) is 0.909. The van der Waals surface area contributed by atoms with Crippen LogP contribution in [0.5, 0.6) is 5.75 Å². The van der Waals surface area contributed by atoms with E-state index in [9.17, 15) is 9.50 Å². The molecule has 3 rings (SSSR count). The number of hydrogen-bond donors (Lipinski definition) is 2. The summed E-state index contributed by atoms with van der Waals surface area (Å²) in [7, 11) is 0. The molecule has 2 aromatic rings. The van der Waals surface area contributed by atoms with Gasteiger partial charge in [0.2, 0.25) is 0 Å². The van der Waals surface area contributed by atoms with Gasteiger partial charge in [-0.15, -0.1) is 0 Å². The number of rotatable bonds is 4. The maximum Gasteiger partial charge on any atom is 0.123 e. The fourth-order valence-electron chi connectivity index (χ4n) is 3.19. The summed E-state index contributed by atoms with van der Waals surface area (Å²) in [6.45, 7) is 3.89. The Morgan fingerprint density at radius 3 is 2.26 bits per heavy atom. The fourth-order valence-corrected chi connectivity index (χ4v) is 3.19. The molecule has 0 aliphatic carbocycles. The smallest absolute Gasteiger partial charge is 0.123 e. The second-order valence-corrected chi connectivity index (χ2v) is 5.81. The fraction of sp³-hybridized carbons (Fsp3) is 0.333. The Balaban J connectivity index is 1.68. The zero-order chi connectivity index (χ0) is 16.2. The summed E-state index contributed by atoms with van der Waals surface area (Å²) in [4.78, 5) is 4.55. The molecule has 1 atom stereocenters. The summed E-state index contributed by atoms with van der Waals surface area (Å²) in [5.41, 5.74) is 7.88. The molecule has 0 bridgehead atoms. The molecule has 122 valence electrons. The van der Waals surface area contributed by atoms with Gasteiger partial charge >= 0.3 is 0 Å². The van der Waals surface area contributed by atoms with Gasteiger partial charge in [-0.05, 0) is 30.3 Å². The highest BCUT2D eigenvalue weighted by molar-refractivity contribution is 5.46. The van der Waals surface area contributed by atoms with Crippen LogP contribution in [0.1, 0.15) is 11.6 Å². The van der Waals surface area contributed by atoms with Gasteiger partial charge in [-0.1, -0.05) is 18.2 Å². The van der Waals surface area contributed by atoms with Crippen molar-refractivity contribution in [1.29, 1.82) is 0 Å². The molecule has 0 aromatic heterocycles. The maximum absolute atomic E-state index is 13.0. The van der Waals surface area contributed by atoms with Crippen LogP contribution in [0.25, 0.3) is 0 Å². The summed E-state index contributed by atoms with van der Waals surface area (Å²) in [5.74, 6) is 0.0825. The predicted octanol–water partition coefficient (Wildman–Crippen LogP) is 2.35. The lowest BCUT2D eigenvalue weighted by molar-refractivity contribution is 0.187. The molecule has 1 heterocycles. The number of piperazine rings is 1. The molecule has 23 heavy (non-hydrogen) atoms. The summed E-state index contributed by atoms with van der Waals surface area (Å²) in [5, 5.41) is 10.1. The van der Waals surface area contributed by atoms with E-state index in [-0.39, 0.29) is 11.9 Å². The number of halogens is 1. The minimum absolute atomic E-state index is 0.0200. The van der Waals surface area contributed by atoms with Crippen molar-refractivity contribution in [2.24, 2.45) is 5.73 Å². The van der Waals surface area contributed by atoms with Crippen molar-refractivity contribution in [2.45, 2.75) is 6.04 Å². The van der Waals surface area contributed by atoms with Gasteiger partial charge < -0.3 is 15.7 Å². The molecule has 0 amide bonds. The average Bonchev–Trinajstić information content (AvgIpc) is 2.59. The van der Waals surface area contributed by atoms with Gasteiger partial charge in [0, 0.05) is 44.0 Å². The van der Waals surface area contributed by atoms with Crippen LogP contribution >= 0.6 is 0 Å². The number of para-hydroxylation sites is 1. The normalized spacial score (nSPS) is 17.2. The minimum atomic E-state index is -0.213. The van der Waals surface area contributed by atoms with E-state index in [1.165, 1.54) is 12.1 Å². The molecule has 0 radical (unpaired) electrons. The Labute approximate surface area is 135 Å². The van der Waals surface area contributed by atoms with Crippen LogP contribution < -0.4 is 10.6 Å². The molecule has 3 N–H and O–H groups in total. The van der Waals surface area contributed by atoms with Gasteiger partial charge in [0.05, 0.1) is 6.04 Å². The molecule has 5 heteroatoms. The van der Waals surface area contributed by atoms with E-state index in [4.69, 9.17) is 5.73 Å². The van der Waals surface area contributed by atoms with Crippen LogP contribution in [-0.4, -0.2) is 42.7 Å². The van der Waals surface area contributed by atoms with Crippen molar-refractivity contribution < 1.29 is 9.50 Å². The lowest BCUT2D eigenvalue weighted by Crippen LogP contribution is -2.49. The zero-order valence-electron chi connectivity index (χ0n) is 13.0. The summed E-state index contributed by atoms with van der Waals surface area (Å²) in [6, 6.07) is 14.0. The van der Waals surface area contributed by atoms with Crippen LogP contribution in [0.3, 0.4) is 0 Å². The Morgan fingerprint density at radius 1 is 1.00 bits per heavy atom. The molecule has 1 fully saturated rings. The summed E-state index contributed by atoms with van der Waals surface area (Å²) in [6.07, 6.45) is 0. The van der Waals surface area contributed by atoms with Crippen LogP contribution in [0, 0.1) is 5.82 Å². The molecule has 0 saturated carbocycles. The average molecular weight is 315 g/mol. The van der Waals surface area contributed by atoms with Crippen LogP contribution in [-0.2, 0) is 0 Å². The van der Waals surface area contributed by atoms with E-state index in [1.807, 2.05) is 30.3 Å². The number of anilines is 1. The number of benzene rings is 2. The van der Waals surface area contributed by atoms with Crippen molar-refractivity contribution in [3.63, 3.8) is 0 Å². The standard InChI is InChI=1S/C18H22FN3O/c19-14-5-7-15(8-6-14)21-9-11-22(12-10-21)17(13-20)16-3-1-2-4-18(16)23/h1-8,17,23H,9-13,20H2.